The summed E-state index contributed by atoms with van der Waals surface area (Å²) in [7, 11) is 0. The first kappa shape index (κ1) is 8.25. The molecule has 0 saturated heterocycles. The van der Waals surface area contributed by atoms with E-state index in [1.807, 2.05) is 0 Å². The molecule has 0 aromatic carbocycles. The minimum atomic E-state index is -1.24. The Kier molecular flexibility index (Phi) is 2.09. The Balaban J connectivity index is 2.77. The van der Waals surface area contributed by atoms with E-state index >= 15 is 0 Å². The lowest BCUT2D eigenvalue weighted by molar-refractivity contribution is -0.136. The summed E-state index contributed by atoms with van der Waals surface area (Å²) < 4.78 is 4.43. The monoisotopic (exact) mass is 171 g/mol. The third-order valence-corrected chi connectivity index (χ3v) is 1.10. The highest BCUT2D eigenvalue weighted by Gasteiger charge is 2.12. The molecule has 12 heavy (non-hydrogen) atoms. The molecule has 0 radical (unpaired) electrons. The number of carboxylic acids is 2. The zero-order chi connectivity index (χ0) is 9.14. The highest BCUT2D eigenvalue weighted by Crippen LogP contribution is 2.03. The minimum absolute atomic E-state index is 0.0277. The van der Waals surface area contributed by atoms with Crippen molar-refractivity contribution < 1.29 is 24.3 Å². The van der Waals surface area contributed by atoms with Crippen LogP contribution in [0.3, 0.4) is 0 Å². The highest BCUT2D eigenvalue weighted by molar-refractivity contribution is 5.85. The average Bonchev–Trinajstić information content (AvgIpc) is 2.34. The molecule has 0 aliphatic rings. The number of hydrogen-bond acceptors (Lipinski definition) is 4. The van der Waals surface area contributed by atoms with Crippen molar-refractivity contribution in [2.24, 2.45) is 0 Å². The second-order valence-corrected chi connectivity index (χ2v) is 2.05. The smallest absolute Gasteiger partial charge is 0.358 e. The van der Waals surface area contributed by atoms with Crippen molar-refractivity contribution in [3.8, 4) is 0 Å². The Hall–Kier alpha value is -1.85. The molecular formula is C6H5NO5. The van der Waals surface area contributed by atoms with Gasteiger partial charge in [-0.25, -0.2) is 4.79 Å². The maximum Gasteiger partial charge on any atom is 0.358 e. The van der Waals surface area contributed by atoms with E-state index < -0.39 is 11.9 Å². The summed E-state index contributed by atoms with van der Waals surface area (Å²) in [5.74, 6) is -2.31. The molecule has 0 saturated carbocycles. The summed E-state index contributed by atoms with van der Waals surface area (Å²) >= 11 is 0. The molecule has 0 aliphatic carbocycles. The summed E-state index contributed by atoms with van der Waals surface area (Å²) in [5, 5.41) is 19.8. The summed E-state index contributed by atoms with van der Waals surface area (Å²) in [4.78, 5) is 20.3. The third kappa shape index (κ3) is 1.82. The second kappa shape index (κ2) is 3.04. The van der Waals surface area contributed by atoms with Crippen LogP contribution in [-0.2, 0) is 11.2 Å². The van der Waals surface area contributed by atoms with Crippen molar-refractivity contribution in [2.75, 3.05) is 0 Å². The van der Waals surface area contributed by atoms with E-state index in [1.54, 1.807) is 0 Å². The number of hydrogen-bond donors (Lipinski definition) is 2. The molecular weight excluding hydrogens is 166 g/mol. The Bertz CT molecular complexity index is 315. The molecule has 1 aromatic heterocycles. The summed E-state index contributed by atoms with van der Waals surface area (Å²) in [6.45, 7) is 0. The van der Waals surface area contributed by atoms with Crippen molar-refractivity contribution in [2.45, 2.75) is 6.42 Å². The van der Waals surface area contributed by atoms with Gasteiger partial charge in [-0.1, -0.05) is 5.16 Å². The SMILES string of the molecule is O=C(O)Cc1cc(C(=O)O)no1. The molecule has 0 amide bonds. The fraction of sp³-hybridized carbons (Fsp3) is 0.167. The zero-order valence-electron chi connectivity index (χ0n) is 5.85. The predicted molar refractivity (Wildman–Crippen MR) is 34.8 cm³/mol. The molecule has 6 nitrogen and oxygen atoms in total. The first-order valence-corrected chi connectivity index (χ1v) is 3.00. The quantitative estimate of drug-likeness (QED) is 0.663. The summed E-state index contributed by atoms with van der Waals surface area (Å²) in [5.41, 5.74) is -0.286. The van der Waals surface area contributed by atoms with E-state index in [9.17, 15) is 9.59 Å². The van der Waals surface area contributed by atoms with Crippen molar-refractivity contribution in [3.63, 3.8) is 0 Å². The largest absolute Gasteiger partial charge is 0.481 e. The standard InChI is InChI=1S/C6H5NO5/c8-5(9)2-3-1-4(6(10)11)7-12-3/h1H,2H2,(H,8,9)(H,10,11). The van der Waals surface area contributed by atoms with Crippen LogP contribution in [0.4, 0.5) is 0 Å². The fourth-order valence-electron chi connectivity index (χ4n) is 0.646. The van der Waals surface area contributed by atoms with Crippen LogP contribution in [0.2, 0.25) is 0 Å². The van der Waals surface area contributed by atoms with Gasteiger partial charge in [0.1, 0.15) is 12.2 Å². The van der Waals surface area contributed by atoms with E-state index in [-0.39, 0.29) is 17.9 Å². The molecule has 64 valence electrons. The van der Waals surface area contributed by atoms with Gasteiger partial charge < -0.3 is 14.7 Å². The van der Waals surface area contributed by atoms with Gasteiger partial charge in [0, 0.05) is 6.07 Å². The minimum Gasteiger partial charge on any atom is -0.481 e. The van der Waals surface area contributed by atoms with Crippen LogP contribution in [0.5, 0.6) is 0 Å². The Morgan fingerprint density at radius 2 is 2.17 bits per heavy atom. The van der Waals surface area contributed by atoms with Crippen molar-refractivity contribution in [1.29, 1.82) is 0 Å². The molecule has 0 bridgehead atoms. The topological polar surface area (TPSA) is 101 Å². The summed E-state index contributed by atoms with van der Waals surface area (Å²) in [6.07, 6.45) is -0.361. The fourth-order valence-corrected chi connectivity index (χ4v) is 0.646. The molecule has 0 atom stereocenters. The molecule has 0 fully saturated rings. The highest BCUT2D eigenvalue weighted by atomic mass is 16.5. The third-order valence-electron chi connectivity index (χ3n) is 1.10. The van der Waals surface area contributed by atoms with Crippen LogP contribution < -0.4 is 0 Å². The Morgan fingerprint density at radius 3 is 2.58 bits per heavy atom. The first-order valence-electron chi connectivity index (χ1n) is 3.00. The van der Waals surface area contributed by atoms with Gasteiger partial charge in [-0.3, -0.25) is 4.79 Å². The van der Waals surface area contributed by atoms with E-state index in [2.05, 4.69) is 9.68 Å². The van der Waals surface area contributed by atoms with Gasteiger partial charge in [0.2, 0.25) is 0 Å². The van der Waals surface area contributed by atoms with Crippen LogP contribution in [0.1, 0.15) is 16.2 Å². The predicted octanol–water partition coefficient (Wildman–Crippen LogP) is -0.0001000. The molecule has 0 spiro atoms. The number of rotatable bonds is 3. The lowest BCUT2D eigenvalue weighted by atomic mass is 10.3. The van der Waals surface area contributed by atoms with Crippen molar-refractivity contribution in [3.05, 3.63) is 17.5 Å². The second-order valence-electron chi connectivity index (χ2n) is 2.05. The van der Waals surface area contributed by atoms with E-state index in [4.69, 9.17) is 10.2 Å². The van der Waals surface area contributed by atoms with Gasteiger partial charge in [-0.15, -0.1) is 0 Å². The van der Waals surface area contributed by atoms with Crippen LogP contribution in [0.15, 0.2) is 10.6 Å². The number of aromatic nitrogens is 1. The summed E-state index contributed by atoms with van der Waals surface area (Å²) in [6, 6.07) is 1.08. The van der Waals surface area contributed by atoms with Crippen molar-refractivity contribution >= 4 is 11.9 Å². The van der Waals surface area contributed by atoms with E-state index in [1.165, 1.54) is 0 Å². The first-order chi connectivity index (χ1) is 5.59. The van der Waals surface area contributed by atoms with Gasteiger partial charge in [0.15, 0.2) is 5.69 Å². The number of aliphatic carboxylic acids is 1. The van der Waals surface area contributed by atoms with Gasteiger partial charge in [-0.2, -0.15) is 0 Å². The van der Waals surface area contributed by atoms with Gasteiger partial charge >= 0.3 is 11.9 Å². The average molecular weight is 171 g/mol. The van der Waals surface area contributed by atoms with Gasteiger partial charge in [-0.05, 0) is 0 Å². The molecule has 2 N–H and O–H groups in total. The molecule has 0 aliphatic heterocycles. The Labute approximate surface area is 66.4 Å². The van der Waals surface area contributed by atoms with Gasteiger partial charge in [0.05, 0.1) is 0 Å². The van der Waals surface area contributed by atoms with E-state index in [0.717, 1.165) is 6.07 Å². The van der Waals surface area contributed by atoms with Crippen LogP contribution in [0.25, 0.3) is 0 Å². The molecule has 6 heteroatoms. The lowest BCUT2D eigenvalue weighted by Crippen LogP contribution is -1.98. The number of carbonyl (C=O) groups is 2. The lowest BCUT2D eigenvalue weighted by Gasteiger charge is -1.83. The normalized spacial score (nSPS) is 9.67. The number of nitrogens with zero attached hydrogens (tertiary/aromatic N) is 1. The maximum absolute atomic E-state index is 10.2. The zero-order valence-corrected chi connectivity index (χ0v) is 5.85. The van der Waals surface area contributed by atoms with Crippen LogP contribution >= 0.6 is 0 Å². The van der Waals surface area contributed by atoms with Crippen molar-refractivity contribution in [1.82, 2.24) is 5.16 Å². The molecule has 1 aromatic rings. The number of carboxylic acid groups (broad SMARTS) is 2. The van der Waals surface area contributed by atoms with Gasteiger partial charge in [0.25, 0.3) is 0 Å². The van der Waals surface area contributed by atoms with Crippen LogP contribution in [-0.4, -0.2) is 27.3 Å². The van der Waals surface area contributed by atoms with Crippen LogP contribution in [0, 0.1) is 0 Å². The molecule has 0 unspecified atom stereocenters. The Morgan fingerprint density at radius 1 is 1.50 bits per heavy atom. The molecule has 1 heterocycles. The van der Waals surface area contributed by atoms with E-state index in [0.29, 0.717) is 0 Å². The number of aromatic carboxylic acids is 1. The maximum atomic E-state index is 10.2. The molecule has 1 rings (SSSR count).